The summed E-state index contributed by atoms with van der Waals surface area (Å²) in [5.41, 5.74) is 3.44. The molecule has 0 saturated heterocycles. The van der Waals surface area contributed by atoms with Crippen LogP contribution in [0, 0.1) is 0 Å². The molecule has 0 aliphatic rings. The number of carboxylic acid groups (broad SMARTS) is 1. The van der Waals surface area contributed by atoms with Gasteiger partial charge in [-0.05, 0) is 55.5 Å². The van der Waals surface area contributed by atoms with Crippen molar-refractivity contribution in [2.45, 2.75) is 6.92 Å². The topological polar surface area (TPSA) is 119 Å². The molecule has 0 unspecified atom stereocenters. The van der Waals surface area contributed by atoms with Gasteiger partial charge in [-0.3, -0.25) is 0 Å². The number of aryl methyl sites for hydroxylation is 2. The average molecular weight is 430 g/mol. The van der Waals surface area contributed by atoms with Crippen LogP contribution in [0.1, 0.15) is 6.92 Å². The quantitative estimate of drug-likeness (QED) is 0.384. The van der Waals surface area contributed by atoms with Gasteiger partial charge in [0.2, 0.25) is 6.20 Å². The Morgan fingerprint density at radius 2 is 1.38 bits per heavy atom. The summed E-state index contributed by atoms with van der Waals surface area (Å²) in [6.45, 7) is 0.972. The lowest BCUT2D eigenvalue weighted by Gasteiger charge is -2.00. The molecule has 4 aromatic rings. The maximum atomic E-state index is 10.2. The normalized spacial score (nSPS) is 11.1. The zero-order valence-corrected chi connectivity index (χ0v) is 17.9. The number of hydrogen-bond acceptors (Lipinski definition) is 7. The van der Waals surface area contributed by atoms with E-state index in [1.54, 1.807) is 6.07 Å². The summed E-state index contributed by atoms with van der Waals surface area (Å²) in [5.74, 6) is -0.994. The van der Waals surface area contributed by atoms with Crippen LogP contribution in [0.4, 0.5) is 22.7 Å². The summed E-state index contributed by atoms with van der Waals surface area (Å²) in [7, 11) is 3.84. The Hall–Kier alpha value is -4.40. The van der Waals surface area contributed by atoms with E-state index in [1.165, 1.54) is 0 Å². The molecule has 0 aliphatic heterocycles. The van der Waals surface area contributed by atoms with Crippen LogP contribution in [0.5, 0.6) is 5.75 Å². The number of azo groups is 2. The molecule has 0 radical (unpaired) electrons. The van der Waals surface area contributed by atoms with Crippen molar-refractivity contribution in [2.75, 3.05) is 0 Å². The van der Waals surface area contributed by atoms with E-state index in [0.29, 0.717) is 11.4 Å². The molecule has 9 nitrogen and oxygen atoms in total. The Labute approximate surface area is 184 Å². The lowest BCUT2D eigenvalue weighted by atomic mass is 10.2. The third-order valence-corrected chi connectivity index (χ3v) is 4.44. The Morgan fingerprint density at radius 3 is 1.94 bits per heavy atom. The van der Waals surface area contributed by atoms with Crippen molar-refractivity contribution in [1.82, 2.24) is 4.68 Å². The maximum Gasteiger partial charge on any atom is 0.203 e. The van der Waals surface area contributed by atoms with Crippen molar-refractivity contribution >= 4 is 39.6 Å². The van der Waals surface area contributed by atoms with E-state index in [1.807, 2.05) is 90.3 Å². The van der Waals surface area contributed by atoms with Crippen LogP contribution in [-0.4, -0.2) is 15.8 Å². The van der Waals surface area contributed by atoms with Crippen molar-refractivity contribution in [2.24, 2.45) is 34.6 Å². The van der Waals surface area contributed by atoms with Crippen molar-refractivity contribution in [1.29, 1.82) is 0 Å². The first kappa shape index (κ1) is 22.3. The lowest BCUT2D eigenvalue weighted by Crippen LogP contribution is -2.35. The summed E-state index contributed by atoms with van der Waals surface area (Å²) in [6.07, 6.45) is 1.97. The van der Waals surface area contributed by atoms with Crippen LogP contribution in [0.15, 0.2) is 93.4 Å². The van der Waals surface area contributed by atoms with Gasteiger partial charge >= 0.3 is 0 Å². The SMILES string of the molecule is CC(=O)[O-].Cn1c2c(N=Nc3ccc(N=Nc4ccccc4)cc3)c(O)ccc2c[n+]1C. The predicted octanol–water partition coefficient (Wildman–Crippen LogP) is 4.30. The van der Waals surface area contributed by atoms with Crippen molar-refractivity contribution < 1.29 is 19.7 Å². The number of carbonyl (C=O) groups excluding carboxylic acids is 1. The third-order valence-electron chi connectivity index (χ3n) is 4.44. The molecule has 0 spiro atoms. The number of aromatic hydroxyl groups is 1. The van der Waals surface area contributed by atoms with E-state index in [-0.39, 0.29) is 5.75 Å². The molecule has 0 fully saturated rings. The minimum absolute atomic E-state index is 0.0892. The van der Waals surface area contributed by atoms with Crippen molar-refractivity contribution in [3.05, 3.63) is 72.9 Å². The molecule has 0 saturated carbocycles. The highest BCUT2D eigenvalue weighted by Gasteiger charge is 2.16. The first-order valence-corrected chi connectivity index (χ1v) is 9.68. The monoisotopic (exact) mass is 430 g/mol. The first-order chi connectivity index (χ1) is 15.3. The number of carboxylic acids is 1. The van der Waals surface area contributed by atoms with Gasteiger partial charge in [-0.1, -0.05) is 18.2 Å². The van der Waals surface area contributed by atoms with Gasteiger partial charge in [0, 0.05) is 5.97 Å². The van der Waals surface area contributed by atoms with Gasteiger partial charge in [0.1, 0.15) is 11.3 Å². The maximum absolute atomic E-state index is 10.2. The van der Waals surface area contributed by atoms with Gasteiger partial charge < -0.3 is 15.0 Å². The molecule has 3 aromatic carbocycles. The minimum Gasteiger partial charge on any atom is -0.550 e. The molecule has 0 bridgehead atoms. The Kier molecular flexibility index (Phi) is 7.02. The van der Waals surface area contributed by atoms with Crippen LogP contribution in [0.3, 0.4) is 0 Å². The van der Waals surface area contributed by atoms with Gasteiger partial charge in [-0.25, -0.2) is 0 Å². The second-order valence-electron chi connectivity index (χ2n) is 6.84. The molecule has 1 heterocycles. The number of carbonyl (C=O) groups is 1. The van der Waals surface area contributed by atoms with E-state index in [2.05, 4.69) is 20.5 Å². The summed E-state index contributed by atoms with van der Waals surface area (Å²) in [5, 5.41) is 37.1. The fourth-order valence-electron chi connectivity index (χ4n) is 2.88. The van der Waals surface area contributed by atoms with Gasteiger partial charge in [-0.15, -0.1) is 9.80 Å². The number of rotatable bonds is 4. The molecule has 32 heavy (non-hydrogen) atoms. The number of fused-ring (bicyclic) bond motifs is 1. The van der Waals surface area contributed by atoms with E-state index >= 15 is 0 Å². The summed E-state index contributed by atoms with van der Waals surface area (Å²) >= 11 is 0. The molecular weight excluding hydrogens is 408 g/mol. The number of nitrogens with zero attached hydrogens (tertiary/aromatic N) is 6. The number of aromatic nitrogens is 2. The number of aliphatic carboxylic acids is 1. The largest absolute Gasteiger partial charge is 0.550 e. The fraction of sp³-hybridized carbons (Fsp3) is 0.130. The Bertz CT molecular complexity index is 1270. The predicted molar refractivity (Wildman–Crippen MR) is 118 cm³/mol. The van der Waals surface area contributed by atoms with Gasteiger partial charge in [0.05, 0.1) is 29.5 Å². The molecule has 0 aliphatic carbocycles. The fourth-order valence-corrected chi connectivity index (χ4v) is 2.88. The molecule has 4 rings (SSSR count). The van der Waals surface area contributed by atoms with Crippen molar-refractivity contribution in [3.63, 3.8) is 0 Å². The van der Waals surface area contributed by atoms with Crippen LogP contribution >= 0.6 is 0 Å². The van der Waals surface area contributed by atoms with Gasteiger partial charge in [-0.2, -0.15) is 20.0 Å². The smallest absolute Gasteiger partial charge is 0.203 e. The number of phenols is 1. The molecule has 0 atom stereocenters. The second kappa shape index (κ2) is 10.1. The number of hydrogen-bond donors (Lipinski definition) is 1. The van der Waals surface area contributed by atoms with Crippen LogP contribution < -0.4 is 9.79 Å². The molecular formula is C23H22N6O3. The second-order valence-corrected chi connectivity index (χ2v) is 6.84. The lowest BCUT2D eigenvalue weighted by molar-refractivity contribution is -0.748. The third kappa shape index (κ3) is 5.60. The molecule has 162 valence electrons. The molecule has 9 heteroatoms. The van der Waals surface area contributed by atoms with E-state index in [4.69, 9.17) is 9.90 Å². The highest BCUT2D eigenvalue weighted by Crippen LogP contribution is 2.35. The highest BCUT2D eigenvalue weighted by atomic mass is 16.4. The molecule has 0 amide bonds. The van der Waals surface area contributed by atoms with Crippen molar-refractivity contribution in [3.8, 4) is 5.75 Å². The van der Waals surface area contributed by atoms with Gasteiger partial charge in [0.15, 0.2) is 12.7 Å². The molecule has 1 N–H and O–H groups in total. The zero-order chi connectivity index (χ0) is 23.1. The Morgan fingerprint density at radius 1 is 0.875 bits per heavy atom. The zero-order valence-electron chi connectivity index (χ0n) is 17.9. The minimum atomic E-state index is -1.08. The molecule has 1 aromatic heterocycles. The summed E-state index contributed by atoms with van der Waals surface area (Å²) in [6, 6.07) is 20.3. The van der Waals surface area contributed by atoms with E-state index in [9.17, 15) is 5.11 Å². The van der Waals surface area contributed by atoms with Crippen LogP contribution in [0.25, 0.3) is 10.9 Å². The first-order valence-electron chi connectivity index (χ1n) is 9.68. The Balaban J connectivity index is 0.000000668. The highest BCUT2D eigenvalue weighted by molar-refractivity contribution is 5.91. The summed E-state index contributed by atoms with van der Waals surface area (Å²) < 4.78 is 3.84. The van der Waals surface area contributed by atoms with Gasteiger partial charge in [0.25, 0.3) is 0 Å². The number of benzene rings is 3. The van der Waals surface area contributed by atoms with E-state index in [0.717, 1.165) is 29.2 Å². The summed E-state index contributed by atoms with van der Waals surface area (Å²) in [4.78, 5) is 8.89. The van der Waals surface area contributed by atoms with E-state index < -0.39 is 5.97 Å². The van der Waals surface area contributed by atoms with Crippen LogP contribution in [0.2, 0.25) is 0 Å². The average Bonchev–Trinajstić information content (AvgIpc) is 3.07. The number of phenolic OH excluding ortho intramolecular Hbond substituents is 1. The van der Waals surface area contributed by atoms with Crippen LogP contribution in [-0.2, 0) is 18.9 Å². The standard InChI is InChI=1S/C21H18N6O.C2H4O2/c1-26-14-15-8-13-19(28)20(21(15)27(26)2)25-24-18-11-9-17(10-12-18)23-22-16-6-4-3-5-7-16;1-2(3)4/h3-14H,1-2H3;1H3,(H,3,4).